The number of rotatable bonds is 6. The Hall–Kier alpha value is -1.77. The summed E-state index contributed by atoms with van der Waals surface area (Å²) >= 11 is 0. The molecule has 2 rings (SSSR count). The van der Waals surface area contributed by atoms with Crippen LogP contribution in [0, 0.1) is 5.92 Å². The fourth-order valence-corrected chi connectivity index (χ4v) is 1.94. The minimum Gasteiger partial charge on any atom is -0.355 e. The molecule has 0 saturated carbocycles. The first-order valence-electron chi connectivity index (χ1n) is 6.60. The molecular formula is C15H21N3. The molecule has 1 heterocycles. The Balaban J connectivity index is 1.96. The highest BCUT2D eigenvalue weighted by atomic mass is 15.2. The van der Waals surface area contributed by atoms with Gasteiger partial charge in [0, 0.05) is 24.6 Å². The maximum absolute atomic E-state index is 4.36. The highest BCUT2D eigenvalue weighted by molar-refractivity contribution is 5.41. The Morgan fingerprint density at radius 1 is 1.22 bits per heavy atom. The Kier molecular flexibility index (Phi) is 4.40. The summed E-state index contributed by atoms with van der Waals surface area (Å²) in [5, 5.41) is 3.40. The van der Waals surface area contributed by atoms with Crippen molar-refractivity contribution in [2.75, 3.05) is 11.9 Å². The Morgan fingerprint density at radius 3 is 2.72 bits per heavy atom. The lowest BCUT2D eigenvalue weighted by Gasteiger charge is -2.10. The lowest BCUT2D eigenvalue weighted by molar-refractivity contribution is 0.566. The summed E-state index contributed by atoms with van der Waals surface area (Å²) in [4.78, 5) is 4.36. The van der Waals surface area contributed by atoms with Crippen molar-refractivity contribution in [2.45, 2.75) is 26.7 Å². The van der Waals surface area contributed by atoms with Crippen LogP contribution in [-0.4, -0.2) is 16.1 Å². The summed E-state index contributed by atoms with van der Waals surface area (Å²) in [5.41, 5.74) is 1.14. The standard InChI is InChI=1S/C15H21N3/c1-13(2)7-6-10-16-15-17-11-12-18(15)14-8-4-3-5-9-14/h3-5,8-9,11-13H,6-7,10H2,1-2H3,(H,16,17). The molecule has 2 aromatic rings. The zero-order valence-corrected chi connectivity index (χ0v) is 11.1. The van der Waals surface area contributed by atoms with E-state index in [1.807, 2.05) is 30.6 Å². The Bertz CT molecular complexity index is 460. The van der Waals surface area contributed by atoms with Crippen LogP contribution in [0.3, 0.4) is 0 Å². The number of aromatic nitrogens is 2. The summed E-state index contributed by atoms with van der Waals surface area (Å²) in [6.07, 6.45) is 6.25. The maximum atomic E-state index is 4.36. The average Bonchev–Trinajstić information content (AvgIpc) is 2.84. The van der Waals surface area contributed by atoms with Gasteiger partial charge in [0.2, 0.25) is 5.95 Å². The molecule has 96 valence electrons. The lowest BCUT2D eigenvalue weighted by Crippen LogP contribution is -2.08. The van der Waals surface area contributed by atoms with Crippen LogP contribution in [0.2, 0.25) is 0 Å². The summed E-state index contributed by atoms with van der Waals surface area (Å²) in [7, 11) is 0. The van der Waals surface area contributed by atoms with Crippen molar-refractivity contribution < 1.29 is 0 Å². The van der Waals surface area contributed by atoms with E-state index in [2.05, 4.69) is 40.8 Å². The lowest BCUT2D eigenvalue weighted by atomic mass is 10.1. The van der Waals surface area contributed by atoms with Crippen molar-refractivity contribution in [1.29, 1.82) is 0 Å². The fraction of sp³-hybridized carbons (Fsp3) is 0.400. The number of anilines is 1. The van der Waals surface area contributed by atoms with Gasteiger partial charge in [-0.2, -0.15) is 0 Å². The van der Waals surface area contributed by atoms with Crippen LogP contribution >= 0.6 is 0 Å². The van der Waals surface area contributed by atoms with E-state index < -0.39 is 0 Å². The van der Waals surface area contributed by atoms with Crippen molar-refractivity contribution in [3.63, 3.8) is 0 Å². The van der Waals surface area contributed by atoms with E-state index in [0.29, 0.717) is 0 Å². The molecule has 3 heteroatoms. The molecule has 0 fully saturated rings. The topological polar surface area (TPSA) is 29.9 Å². The van der Waals surface area contributed by atoms with Crippen LogP contribution in [0.4, 0.5) is 5.95 Å². The minimum absolute atomic E-state index is 0.765. The number of benzene rings is 1. The molecule has 0 atom stereocenters. The third kappa shape index (κ3) is 3.36. The number of nitrogens with one attached hydrogen (secondary N) is 1. The van der Waals surface area contributed by atoms with Crippen molar-refractivity contribution in [1.82, 2.24) is 9.55 Å². The minimum atomic E-state index is 0.765. The number of nitrogens with zero attached hydrogens (tertiary/aromatic N) is 2. The number of hydrogen-bond acceptors (Lipinski definition) is 2. The molecule has 0 aliphatic rings. The number of para-hydroxylation sites is 1. The summed E-state index contributed by atoms with van der Waals surface area (Å²) in [6.45, 7) is 5.48. The van der Waals surface area contributed by atoms with Gasteiger partial charge in [0.15, 0.2) is 0 Å². The molecule has 1 aromatic carbocycles. The quantitative estimate of drug-likeness (QED) is 0.784. The third-order valence-electron chi connectivity index (χ3n) is 2.92. The SMILES string of the molecule is CC(C)CCCNc1nccn1-c1ccccc1. The fourth-order valence-electron chi connectivity index (χ4n) is 1.94. The van der Waals surface area contributed by atoms with Crippen LogP contribution in [0.5, 0.6) is 0 Å². The van der Waals surface area contributed by atoms with E-state index in [1.165, 1.54) is 12.8 Å². The maximum Gasteiger partial charge on any atom is 0.207 e. The predicted molar refractivity (Wildman–Crippen MR) is 76.1 cm³/mol. The molecule has 1 N–H and O–H groups in total. The van der Waals surface area contributed by atoms with Gasteiger partial charge in [-0.3, -0.25) is 4.57 Å². The van der Waals surface area contributed by atoms with Gasteiger partial charge in [-0.25, -0.2) is 4.98 Å². The van der Waals surface area contributed by atoms with Gasteiger partial charge in [0.1, 0.15) is 0 Å². The second kappa shape index (κ2) is 6.24. The first kappa shape index (κ1) is 12.7. The molecule has 0 spiro atoms. The Morgan fingerprint density at radius 2 is 2.00 bits per heavy atom. The van der Waals surface area contributed by atoms with Crippen molar-refractivity contribution in [2.24, 2.45) is 5.92 Å². The first-order chi connectivity index (χ1) is 8.77. The van der Waals surface area contributed by atoms with Crippen molar-refractivity contribution >= 4 is 5.95 Å². The van der Waals surface area contributed by atoms with Crippen LogP contribution in [0.1, 0.15) is 26.7 Å². The monoisotopic (exact) mass is 243 g/mol. The van der Waals surface area contributed by atoms with E-state index in [-0.39, 0.29) is 0 Å². The zero-order chi connectivity index (χ0) is 12.8. The molecule has 0 aliphatic carbocycles. The van der Waals surface area contributed by atoms with E-state index in [0.717, 1.165) is 24.1 Å². The van der Waals surface area contributed by atoms with Crippen LogP contribution in [0.15, 0.2) is 42.7 Å². The summed E-state index contributed by atoms with van der Waals surface area (Å²) in [5.74, 6) is 1.69. The molecule has 0 bridgehead atoms. The molecule has 18 heavy (non-hydrogen) atoms. The van der Waals surface area contributed by atoms with Crippen LogP contribution < -0.4 is 5.32 Å². The van der Waals surface area contributed by atoms with Gasteiger partial charge >= 0.3 is 0 Å². The molecular weight excluding hydrogens is 222 g/mol. The van der Waals surface area contributed by atoms with E-state index in [9.17, 15) is 0 Å². The highest BCUT2D eigenvalue weighted by Gasteiger charge is 2.03. The van der Waals surface area contributed by atoms with Crippen molar-refractivity contribution in [3.8, 4) is 5.69 Å². The number of hydrogen-bond donors (Lipinski definition) is 1. The van der Waals surface area contributed by atoms with Gasteiger partial charge in [-0.15, -0.1) is 0 Å². The molecule has 0 aliphatic heterocycles. The van der Waals surface area contributed by atoms with Crippen LogP contribution in [0.25, 0.3) is 5.69 Å². The molecule has 0 saturated heterocycles. The van der Waals surface area contributed by atoms with E-state index in [1.54, 1.807) is 0 Å². The summed E-state index contributed by atoms with van der Waals surface area (Å²) in [6, 6.07) is 10.3. The Labute approximate surface area is 109 Å². The largest absolute Gasteiger partial charge is 0.355 e. The third-order valence-corrected chi connectivity index (χ3v) is 2.92. The average molecular weight is 243 g/mol. The molecule has 1 aromatic heterocycles. The highest BCUT2D eigenvalue weighted by Crippen LogP contribution is 2.14. The van der Waals surface area contributed by atoms with Gasteiger partial charge < -0.3 is 5.32 Å². The predicted octanol–water partition coefficient (Wildman–Crippen LogP) is 3.72. The summed E-state index contributed by atoms with van der Waals surface area (Å²) < 4.78 is 2.08. The van der Waals surface area contributed by atoms with Gasteiger partial charge in [0.05, 0.1) is 0 Å². The van der Waals surface area contributed by atoms with Gasteiger partial charge in [-0.05, 0) is 30.9 Å². The smallest absolute Gasteiger partial charge is 0.207 e. The second-order valence-corrected chi connectivity index (χ2v) is 4.92. The van der Waals surface area contributed by atoms with Gasteiger partial charge in [0.25, 0.3) is 0 Å². The van der Waals surface area contributed by atoms with Crippen molar-refractivity contribution in [3.05, 3.63) is 42.7 Å². The molecule has 0 amide bonds. The second-order valence-electron chi connectivity index (χ2n) is 4.92. The number of imidazole rings is 1. The normalized spacial score (nSPS) is 10.8. The molecule has 0 unspecified atom stereocenters. The zero-order valence-electron chi connectivity index (χ0n) is 11.1. The van der Waals surface area contributed by atoms with Crippen LogP contribution in [-0.2, 0) is 0 Å². The first-order valence-corrected chi connectivity index (χ1v) is 6.60. The molecule has 0 radical (unpaired) electrons. The van der Waals surface area contributed by atoms with E-state index >= 15 is 0 Å². The van der Waals surface area contributed by atoms with E-state index in [4.69, 9.17) is 0 Å². The van der Waals surface area contributed by atoms with Gasteiger partial charge in [-0.1, -0.05) is 32.0 Å². The molecule has 3 nitrogen and oxygen atoms in total.